The number of hydrogen-bond donors (Lipinski definition) is 2. The molecule has 0 fully saturated rings. The first-order valence-corrected chi connectivity index (χ1v) is 8.12. The number of nitrogens with one attached hydrogen (secondary N) is 1. The second-order valence-corrected chi connectivity index (χ2v) is 5.80. The molecular formula is C21H17N3O. The van der Waals surface area contributed by atoms with Crippen molar-refractivity contribution in [3.8, 4) is 17.0 Å². The number of para-hydroxylation sites is 2. The molecule has 0 unspecified atom stereocenters. The molecule has 0 radical (unpaired) electrons. The van der Waals surface area contributed by atoms with Gasteiger partial charge in [0.1, 0.15) is 5.75 Å². The van der Waals surface area contributed by atoms with Gasteiger partial charge in [0.2, 0.25) is 0 Å². The first-order chi connectivity index (χ1) is 12.3. The molecule has 25 heavy (non-hydrogen) atoms. The van der Waals surface area contributed by atoms with Crippen molar-refractivity contribution in [1.29, 1.82) is 0 Å². The maximum absolute atomic E-state index is 10.2. The fraction of sp³-hybridized carbons (Fsp3) is 0.0476. The largest absolute Gasteiger partial charge is 0.507 e. The highest BCUT2D eigenvalue weighted by Crippen LogP contribution is 2.32. The number of benzene rings is 2. The molecule has 0 saturated carbocycles. The van der Waals surface area contributed by atoms with Gasteiger partial charge < -0.3 is 10.4 Å². The summed E-state index contributed by atoms with van der Waals surface area (Å²) in [5.41, 5.74) is 4.43. The van der Waals surface area contributed by atoms with Gasteiger partial charge in [-0.2, -0.15) is 0 Å². The minimum atomic E-state index is 0.225. The minimum Gasteiger partial charge on any atom is -0.507 e. The Hall–Kier alpha value is -3.40. The van der Waals surface area contributed by atoms with Crippen LogP contribution in [-0.2, 0) is 6.54 Å². The second kappa shape index (κ2) is 6.61. The van der Waals surface area contributed by atoms with Gasteiger partial charge in [-0.25, -0.2) is 4.98 Å². The zero-order valence-electron chi connectivity index (χ0n) is 13.6. The normalized spacial score (nSPS) is 10.7. The van der Waals surface area contributed by atoms with Crippen LogP contribution >= 0.6 is 0 Å². The van der Waals surface area contributed by atoms with E-state index in [0.717, 1.165) is 33.4 Å². The number of aromatic nitrogens is 2. The summed E-state index contributed by atoms with van der Waals surface area (Å²) < 4.78 is 0. The average Bonchev–Trinajstić information content (AvgIpc) is 2.67. The zero-order chi connectivity index (χ0) is 17.1. The van der Waals surface area contributed by atoms with E-state index in [1.54, 1.807) is 18.3 Å². The Labute approximate surface area is 145 Å². The Kier molecular flexibility index (Phi) is 4.01. The number of fused-ring (bicyclic) bond motifs is 1. The minimum absolute atomic E-state index is 0.225. The van der Waals surface area contributed by atoms with Crippen LogP contribution in [-0.4, -0.2) is 15.1 Å². The lowest BCUT2D eigenvalue weighted by Crippen LogP contribution is -2.01. The van der Waals surface area contributed by atoms with E-state index >= 15 is 0 Å². The number of anilines is 1. The summed E-state index contributed by atoms with van der Waals surface area (Å²) in [5, 5.41) is 14.7. The Morgan fingerprint density at radius 1 is 0.920 bits per heavy atom. The number of aromatic hydroxyl groups is 1. The van der Waals surface area contributed by atoms with Crippen LogP contribution in [0.3, 0.4) is 0 Å². The van der Waals surface area contributed by atoms with E-state index in [4.69, 9.17) is 4.98 Å². The van der Waals surface area contributed by atoms with Crippen LogP contribution in [0.4, 0.5) is 5.69 Å². The first-order valence-electron chi connectivity index (χ1n) is 8.12. The van der Waals surface area contributed by atoms with Crippen molar-refractivity contribution in [3.63, 3.8) is 0 Å². The van der Waals surface area contributed by atoms with Gasteiger partial charge in [0.05, 0.1) is 11.2 Å². The number of rotatable bonds is 4. The summed E-state index contributed by atoms with van der Waals surface area (Å²) in [6.45, 7) is 0.669. The highest BCUT2D eigenvalue weighted by molar-refractivity contribution is 5.94. The first kappa shape index (κ1) is 15.1. The molecule has 2 aromatic carbocycles. The number of phenolic OH excluding ortho intramolecular Hbond substituents is 1. The summed E-state index contributed by atoms with van der Waals surface area (Å²) in [7, 11) is 0. The van der Waals surface area contributed by atoms with Crippen molar-refractivity contribution < 1.29 is 5.11 Å². The third-order valence-corrected chi connectivity index (χ3v) is 4.10. The third-order valence-electron chi connectivity index (χ3n) is 4.10. The third kappa shape index (κ3) is 3.15. The van der Waals surface area contributed by atoms with Gasteiger partial charge in [-0.3, -0.25) is 4.98 Å². The molecule has 2 aromatic heterocycles. The number of hydrogen-bond acceptors (Lipinski definition) is 4. The van der Waals surface area contributed by atoms with Crippen LogP contribution in [0.5, 0.6) is 5.75 Å². The summed E-state index contributed by atoms with van der Waals surface area (Å²) in [6.07, 6.45) is 3.61. The summed E-state index contributed by atoms with van der Waals surface area (Å²) in [5.74, 6) is 0.225. The smallest absolute Gasteiger partial charge is 0.124 e. The van der Waals surface area contributed by atoms with Crippen LogP contribution in [0.15, 0.2) is 79.1 Å². The molecule has 0 aliphatic carbocycles. The van der Waals surface area contributed by atoms with Gasteiger partial charge in [0, 0.05) is 35.6 Å². The van der Waals surface area contributed by atoms with E-state index in [1.807, 2.05) is 60.8 Å². The van der Waals surface area contributed by atoms with Gasteiger partial charge >= 0.3 is 0 Å². The summed E-state index contributed by atoms with van der Waals surface area (Å²) in [4.78, 5) is 8.86. The van der Waals surface area contributed by atoms with Crippen molar-refractivity contribution in [1.82, 2.24) is 9.97 Å². The highest BCUT2D eigenvalue weighted by Gasteiger charge is 2.10. The van der Waals surface area contributed by atoms with Crippen molar-refractivity contribution in [2.24, 2.45) is 0 Å². The van der Waals surface area contributed by atoms with Crippen molar-refractivity contribution in [2.75, 3.05) is 5.32 Å². The van der Waals surface area contributed by atoms with E-state index in [-0.39, 0.29) is 5.75 Å². The molecule has 4 nitrogen and oxygen atoms in total. The molecular weight excluding hydrogens is 310 g/mol. The molecule has 4 heteroatoms. The second-order valence-electron chi connectivity index (χ2n) is 5.80. The van der Waals surface area contributed by atoms with Gasteiger partial charge in [-0.1, -0.05) is 36.4 Å². The highest BCUT2D eigenvalue weighted by atomic mass is 16.3. The van der Waals surface area contributed by atoms with Crippen molar-refractivity contribution in [3.05, 3.63) is 84.7 Å². The van der Waals surface area contributed by atoms with E-state index in [0.29, 0.717) is 6.54 Å². The lowest BCUT2D eigenvalue weighted by atomic mass is 10.1. The van der Waals surface area contributed by atoms with Crippen LogP contribution in [0.1, 0.15) is 5.56 Å². The predicted molar refractivity (Wildman–Crippen MR) is 100 cm³/mol. The van der Waals surface area contributed by atoms with Gasteiger partial charge in [0.25, 0.3) is 0 Å². The zero-order valence-corrected chi connectivity index (χ0v) is 13.6. The molecule has 2 N–H and O–H groups in total. The molecule has 0 aliphatic heterocycles. The van der Waals surface area contributed by atoms with E-state index < -0.39 is 0 Å². The SMILES string of the molecule is Oc1ccccc1-c1cc(NCc2cccnc2)c2ccccc2n1. The molecule has 2 heterocycles. The van der Waals surface area contributed by atoms with Crippen LogP contribution in [0.25, 0.3) is 22.2 Å². The average molecular weight is 327 g/mol. The Morgan fingerprint density at radius 3 is 2.60 bits per heavy atom. The molecule has 0 bridgehead atoms. The molecule has 0 spiro atoms. The van der Waals surface area contributed by atoms with Gasteiger partial charge in [-0.05, 0) is 35.9 Å². The number of nitrogens with zero attached hydrogens (tertiary/aromatic N) is 2. The quantitative estimate of drug-likeness (QED) is 0.574. The van der Waals surface area contributed by atoms with E-state index in [2.05, 4.69) is 10.3 Å². The Bertz CT molecular complexity index is 1020. The standard InChI is InChI=1S/C21H17N3O/c25-21-10-4-2-8-17(21)20-12-19(16-7-1-3-9-18(16)24-20)23-14-15-6-5-11-22-13-15/h1-13,25H,14H2,(H,23,24). The van der Waals surface area contributed by atoms with Gasteiger partial charge in [-0.15, -0.1) is 0 Å². The Morgan fingerprint density at radius 2 is 1.76 bits per heavy atom. The number of pyridine rings is 2. The fourth-order valence-corrected chi connectivity index (χ4v) is 2.85. The van der Waals surface area contributed by atoms with Crippen LogP contribution in [0.2, 0.25) is 0 Å². The van der Waals surface area contributed by atoms with Gasteiger partial charge in [0.15, 0.2) is 0 Å². The summed E-state index contributed by atoms with van der Waals surface area (Å²) in [6, 6.07) is 21.2. The van der Waals surface area contributed by atoms with Crippen LogP contribution < -0.4 is 5.32 Å². The predicted octanol–water partition coefficient (Wildman–Crippen LogP) is 4.61. The molecule has 0 atom stereocenters. The molecule has 4 aromatic rings. The molecule has 0 amide bonds. The van der Waals surface area contributed by atoms with Crippen molar-refractivity contribution in [2.45, 2.75) is 6.54 Å². The monoisotopic (exact) mass is 327 g/mol. The molecule has 122 valence electrons. The fourth-order valence-electron chi connectivity index (χ4n) is 2.85. The maximum Gasteiger partial charge on any atom is 0.124 e. The van der Waals surface area contributed by atoms with E-state index in [9.17, 15) is 5.11 Å². The lowest BCUT2D eigenvalue weighted by Gasteiger charge is -2.13. The lowest BCUT2D eigenvalue weighted by molar-refractivity contribution is 0.477. The van der Waals surface area contributed by atoms with Crippen molar-refractivity contribution >= 4 is 16.6 Å². The summed E-state index contributed by atoms with van der Waals surface area (Å²) >= 11 is 0. The Balaban J connectivity index is 1.78. The topological polar surface area (TPSA) is 58.0 Å². The van der Waals surface area contributed by atoms with E-state index in [1.165, 1.54) is 0 Å². The maximum atomic E-state index is 10.2. The molecule has 0 aliphatic rings. The molecule has 4 rings (SSSR count). The van der Waals surface area contributed by atoms with Crippen LogP contribution in [0, 0.1) is 0 Å². The number of phenols is 1. The molecule has 0 saturated heterocycles.